The SMILES string of the molecule is C=C1C=C(NCc2cccc(CN)c2)C1=C. The Morgan fingerprint density at radius 1 is 1.19 bits per heavy atom. The molecule has 0 bridgehead atoms. The van der Waals surface area contributed by atoms with Crippen LogP contribution in [0.1, 0.15) is 11.1 Å². The van der Waals surface area contributed by atoms with Crippen LogP contribution in [0.2, 0.25) is 0 Å². The van der Waals surface area contributed by atoms with E-state index in [1.807, 2.05) is 18.2 Å². The number of benzene rings is 1. The molecule has 0 saturated carbocycles. The van der Waals surface area contributed by atoms with Crippen LogP contribution >= 0.6 is 0 Å². The van der Waals surface area contributed by atoms with Gasteiger partial charge < -0.3 is 11.1 Å². The minimum absolute atomic E-state index is 0.583. The quantitative estimate of drug-likeness (QED) is 0.803. The van der Waals surface area contributed by atoms with Crippen LogP contribution in [0, 0.1) is 0 Å². The molecule has 0 fully saturated rings. The van der Waals surface area contributed by atoms with Crippen molar-refractivity contribution >= 4 is 0 Å². The van der Waals surface area contributed by atoms with E-state index in [1.165, 1.54) is 5.56 Å². The van der Waals surface area contributed by atoms with Gasteiger partial charge in [-0.2, -0.15) is 0 Å². The number of nitrogens with two attached hydrogens (primary N) is 1. The number of rotatable bonds is 4. The topological polar surface area (TPSA) is 38.0 Å². The zero-order chi connectivity index (χ0) is 11.5. The van der Waals surface area contributed by atoms with Gasteiger partial charge in [-0.05, 0) is 28.3 Å². The Labute approximate surface area is 96.2 Å². The van der Waals surface area contributed by atoms with Gasteiger partial charge in [0.2, 0.25) is 0 Å². The fraction of sp³-hybridized carbons (Fsp3) is 0.143. The second-order valence-electron chi connectivity index (χ2n) is 3.94. The number of nitrogens with one attached hydrogen (secondary N) is 1. The van der Waals surface area contributed by atoms with Gasteiger partial charge in [-0.15, -0.1) is 0 Å². The molecule has 1 aromatic rings. The second-order valence-corrected chi connectivity index (χ2v) is 3.94. The second kappa shape index (κ2) is 4.37. The predicted molar refractivity (Wildman–Crippen MR) is 67.5 cm³/mol. The molecular formula is C14H16N2. The largest absolute Gasteiger partial charge is 0.380 e. The van der Waals surface area contributed by atoms with Gasteiger partial charge in [0.15, 0.2) is 0 Å². The lowest BCUT2D eigenvalue weighted by Crippen LogP contribution is -2.20. The average Bonchev–Trinajstić information content (AvgIpc) is 2.34. The van der Waals surface area contributed by atoms with Crippen LogP contribution in [-0.2, 0) is 13.1 Å². The van der Waals surface area contributed by atoms with Crippen LogP contribution in [0.5, 0.6) is 0 Å². The van der Waals surface area contributed by atoms with Gasteiger partial charge in [0.05, 0.1) is 0 Å². The van der Waals surface area contributed by atoms with E-state index < -0.39 is 0 Å². The van der Waals surface area contributed by atoms with Crippen LogP contribution in [-0.4, -0.2) is 0 Å². The van der Waals surface area contributed by atoms with Crippen molar-refractivity contribution in [3.05, 3.63) is 71.5 Å². The normalized spacial score (nSPS) is 14.4. The molecule has 0 aliphatic heterocycles. The highest BCUT2D eigenvalue weighted by Gasteiger charge is 2.14. The highest BCUT2D eigenvalue weighted by atomic mass is 14.9. The molecular weight excluding hydrogens is 196 g/mol. The molecule has 2 rings (SSSR count). The molecule has 0 atom stereocenters. The maximum Gasteiger partial charge on any atom is 0.0422 e. The maximum absolute atomic E-state index is 5.59. The minimum Gasteiger partial charge on any atom is -0.380 e. The van der Waals surface area contributed by atoms with Crippen LogP contribution < -0.4 is 11.1 Å². The molecule has 1 aromatic carbocycles. The smallest absolute Gasteiger partial charge is 0.0422 e. The molecule has 16 heavy (non-hydrogen) atoms. The van der Waals surface area contributed by atoms with Crippen LogP contribution in [0.15, 0.2) is 60.3 Å². The Hall–Kier alpha value is -1.80. The van der Waals surface area contributed by atoms with E-state index >= 15 is 0 Å². The van der Waals surface area contributed by atoms with E-state index in [0.29, 0.717) is 6.54 Å². The van der Waals surface area contributed by atoms with E-state index in [1.54, 1.807) is 0 Å². The third kappa shape index (κ3) is 2.07. The predicted octanol–water partition coefficient (Wildman–Crippen LogP) is 2.24. The summed E-state index contributed by atoms with van der Waals surface area (Å²) in [6.45, 7) is 9.14. The summed E-state index contributed by atoms with van der Waals surface area (Å²) in [4.78, 5) is 0. The molecule has 0 heterocycles. The van der Waals surface area contributed by atoms with Crippen LogP contribution in [0.4, 0.5) is 0 Å². The first kappa shape index (κ1) is 10.7. The Morgan fingerprint density at radius 2 is 1.94 bits per heavy atom. The maximum atomic E-state index is 5.59. The number of allylic oxidation sites excluding steroid dienone is 2. The fourth-order valence-electron chi connectivity index (χ4n) is 1.67. The summed E-state index contributed by atoms with van der Waals surface area (Å²) in [5, 5.41) is 3.33. The first-order valence-electron chi connectivity index (χ1n) is 5.32. The minimum atomic E-state index is 0.583. The summed E-state index contributed by atoms with van der Waals surface area (Å²) in [6, 6.07) is 8.27. The van der Waals surface area contributed by atoms with E-state index in [9.17, 15) is 0 Å². The Bertz CT molecular complexity index is 469. The van der Waals surface area contributed by atoms with E-state index in [4.69, 9.17) is 5.73 Å². The first-order valence-corrected chi connectivity index (χ1v) is 5.32. The molecule has 2 nitrogen and oxygen atoms in total. The van der Waals surface area contributed by atoms with Crippen LogP contribution in [0.3, 0.4) is 0 Å². The van der Waals surface area contributed by atoms with E-state index in [2.05, 4.69) is 30.6 Å². The van der Waals surface area contributed by atoms with Crippen molar-refractivity contribution in [1.29, 1.82) is 0 Å². The van der Waals surface area contributed by atoms with Gasteiger partial charge in [0.25, 0.3) is 0 Å². The lowest BCUT2D eigenvalue weighted by Gasteiger charge is -2.22. The van der Waals surface area contributed by atoms with Crippen molar-refractivity contribution in [3.8, 4) is 0 Å². The molecule has 0 radical (unpaired) electrons. The molecule has 0 unspecified atom stereocenters. The summed E-state index contributed by atoms with van der Waals surface area (Å²) in [5.74, 6) is 0. The van der Waals surface area contributed by atoms with Gasteiger partial charge in [-0.3, -0.25) is 0 Å². The van der Waals surface area contributed by atoms with Crippen LogP contribution in [0.25, 0.3) is 0 Å². The standard InChI is InChI=1S/C14H16N2/c1-10-6-14(11(10)2)16-9-13-5-3-4-12(7-13)8-15/h3-7,16H,1-2,8-9,15H2. The third-order valence-electron chi connectivity index (χ3n) is 2.74. The fourth-order valence-corrected chi connectivity index (χ4v) is 1.67. The molecule has 2 heteroatoms. The monoisotopic (exact) mass is 212 g/mol. The zero-order valence-electron chi connectivity index (χ0n) is 9.29. The van der Waals surface area contributed by atoms with Gasteiger partial charge >= 0.3 is 0 Å². The van der Waals surface area contributed by atoms with Crippen molar-refractivity contribution in [2.45, 2.75) is 13.1 Å². The molecule has 82 valence electrons. The number of hydrogen-bond donors (Lipinski definition) is 2. The summed E-state index contributed by atoms with van der Waals surface area (Å²) >= 11 is 0. The molecule has 3 N–H and O–H groups in total. The van der Waals surface area contributed by atoms with Gasteiger partial charge in [0.1, 0.15) is 0 Å². The first-order chi connectivity index (χ1) is 7.70. The van der Waals surface area contributed by atoms with Gasteiger partial charge in [-0.1, -0.05) is 37.4 Å². The lowest BCUT2D eigenvalue weighted by atomic mass is 9.94. The van der Waals surface area contributed by atoms with Crippen molar-refractivity contribution < 1.29 is 0 Å². The highest BCUT2D eigenvalue weighted by molar-refractivity contribution is 5.60. The lowest BCUT2D eigenvalue weighted by molar-refractivity contribution is 0.807. The van der Waals surface area contributed by atoms with Gasteiger partial charge in [0, 0.05) is 18.8 Å². The molecule has 0 saturated heterocycles. The average molecular weight is 212 g/mol. The summed E-state index contributed by atoms with van der Waals surface area (Å²) in [7, 11) is 0. The van der Waals surface area contributed by atoms with E-state index in [-0.39, 0.29) is 0 Å². The van der Waals surface area contributed by atoms with E-state index in [0.717, 1.165) is 29.0 Å². The summed E-state index contributed by atoms with van der Waals surface area (Å²) < 4.78 is 0. The molecule has 0 aromatic heterocycles. The number of hydrogen-bond acceptors (Lipinski definition) is 2. The molecule has 0 spiro atoms. The van der Waals surface area contributed by atoms with Crippen molar-refractivity contribution in [2.24, 2.45) is 5.73 Å². The summed E-state index contributed by atoms with van der Waals surface area (Å²) in [5.41, 5.74) is 11.1. The Kier molecular flexibility index (Phi) is 2.93. The molecule has 1 aliphatic rings. The summed E-state index contributed by atoms with van der Waals surface area (Å²) in [6.07, 6.45) is 2.01. The van der Waals surface area contributed by atoms with Gasteiger partial charge in [-0.25, -0.2) is 0 Å². The highest BCUT2D eigenvalue weighted by Crippen LogP contribution is 2.26. The Morgan fingerprint density at radius 3 is 2.56 bits per heavy atom. The molecule has 1 aliphatic carbocycles. The van der Waals surface area contributed by atoms with Crippen molar-refractivity contribution in [1.82, 2.24) is 5.32 Å². The Balaban J connectivity index is 1.97. The molecule has 0 amide bonds. The third-order valence-corrected chi connectivity index (χ3v) is 2.74. The van der Waals surface area contributed by atoms with Crippen molar-refractivity contribution in [2.75, 3.05) is 0 Å². The van der Waals surface area contributed by atoms with Crippen molar-refractivity contribution in [3.63, 3.8) is 0 Å². The zero-order valence-corrected chi connectivity index (χ0v) is 9.29.